The van der Waals surface area contributed by atoms with Crippen LogP contribution in [0.15, 0.2) is 24.3 Å². The van der Waals surface area contributed by atoms with E-state index in [4.69, 9.17) is 5.26 Å². The molecule has 0 aromatic heterocycles. The number of alkyl halides is 3. The average Bonchev–Trinajstić information content (AvgIpc) is 2.16. The minimum atomic E-state index is -4.71. The fraction of sp³-hybridized carbons (Fsp3) is 0.182. The van der Waals surface area contributed by atoms with Crippen molar-refractivity contribution in [1.82, 2.24) is 0 Å². The predicted octanol–water partition coefficient (Wildman–Crippen LogP) is 2.85. The summed E-state index contributed by atoms with van der Waals surface area (Å²) < 4.78 is 39.4. The van der Waals surface area contributed by atoms with Gasteiger partial charge in [0.05, 0.1) is 12.5 Å². The van der Waals surface area contributed by atoms with Gasteiger partial charge in [0, 0.05) is 5.56 Å². The summed E-state index contributed by atoms with van der Waals surface area (Å²) in [7, 11) is 0. The van der Waals surface area contributed by atoms with Crippen molar-refractivity contribution in [3.63, 3.8) is 0 Å². The van der Waals surface area contributed by atoms with Crippen molar-refractivity contribution in [2.75, 3.05) is 0 Å². The van der Waals surface area contributed by atoms with Gasteiger partial charge in [-0.05, 0) is 18.2 Å². The molecule has 1 rings (SSSR count). The van der Waals surface area contributed by atoms with Crippen LogP contribution in [0.2, 0.25) is 0 Å². The first-order valence-corrected chi connectivity index (χ1v) is 4.23. The van der Waals surface area contributed by atoms with E-state index in [0.717, 1.165) is 6.07 Å². The highest BCUT2D eigenvalue weighted by molar-refractivity contribution is 5.40. The van der Waals surface area contributed by atoms with E-state index < -0.39 is 6.36 Å². The molecule has 0 amide bonds. The molecule has 2 nitrogen and oxygen atoms in total. The lowest BCUT2D eigenvalue weighted by molar-refractivity contribution is -0.274. The second kappa shape index (κ2) is 5.09. The van der Waals surface area contributed by atoms with E-state index >= 15 is 0 Å². The molecule has 16 heavy (non-hydrogen) atoms. The number of rotatable bonds is 1. The van der Waals surface area contributed by atoms with Crippen LogP contribution in [0.25, 0.3) is 0 Å². The van der Waals surface area contributed by atoms with Crippen molar-refractivity contribution < 1.29 is 17.9 Å². The van der Waals surface area contributed by atoms with E-state index in [1.807, 2.05) is 0 Å². The van der Waals surface area contributed by atoms with E-state index in [1.54, 1.807) is 6.07 Å². The van der Waals surface area contributed by atoms with Crippen molar-refractivity contribution in [3.05, 3.63) is 29.8 Å². The topological polar surface area (TPSA) is 33.0 Å². The molecule has 0 saturated carbocycles. The summed E-state index contributed by atoms with van der Waals surface area (Å²) in [6, 6.07) is 7.09. The molecule has 0 aliphatic heterocycles. The van der Waals surface area contributed by atoms with Crippen molar-refractivity contribution in [1.29, 1.82) is 5.26 Å². The highest BCUT2D eigenvalue weighted by Gasteiger charge is 2.30. The largest absolute Gasteiger partial charge is 0.573 e. The lowest BCUT2D eigenvalue weighted by Gasteiger charge is -2.08. The van der Waals surface area contributed by atoms with Crippen molar-refractivity contribution in [2.45, 2.75) is 12.8 Å². The zero-order valence-electron chi connectivity index (χ0n) is 8.01. The van der Waals surface area contributed by atoms with Crippen LogP contribution < -0.4 is 4.74 Å². The molecule has 0 spiro atoms. The molecule has 0 bridgehead atoms. The summed E-state index contributed by atoms with van der Waals surface area (Å²) in [6.07, 6.45) is -4.68. The average molecular weight is 225 g/mol. The molecule has 0 saturated heterocycles. The third-order valence-electron chi connectivity index (χ3n) is 1.47. The van der Waals surface area contributed by atoms with Crippen LogP contribution in [-0.4, -0.2) is 6.36 Å². The Bertz CT molecular complexity index is 463. The van der Waals surface area contributed by atoms with Gasteiger partial charge >= 0.3 is 6.36 Å². The molecule has 0 unspecified atom stereocenters. The van der Waals surface area contributed by atoms with Gasteiger partial charge in [-0.1, -0.05) is 17.9 Å². The van der Waals surface area contributed by atoms with Gasteiger partial charge in [0.25, 0.3) is 0 Å². The number of hydrogen-bond donors (Lipinski definition) is 0. The van der Waals surface area contributed by atoms with Crippen LogP contribution in [0.1, 0.15) is 12.0 Å². The minimum absolute atomic E-state index is 0.0321. The quantitative estimate of drug-likeness (QED) is 0.688. The molecule has 0 fully saturated rings. The first kappa shape index (κ1) is 11.9. The number of hydrogen-bond acceptors (Lipinski definition) is 2. The first-order chi connectivity index (χ1) is 7.51. The SMILES string of the molecule is N#CCC#Cc1cccc(OC(F)(F)F)c1. The smallest absolute Gasteiger partial charge is 0.406 e. The van der Waals surface area contributed by atoms with Gasteiger partial charge in [-0.25, -0.2) is 0 Å². The summed E-state index contributed by atoms with van der Waals surface area (Å²) in [5.41, 5.74) is 0.372. The van der Waals surface area contributed by atoms with Crippen LogP contribution in [0, 0.1) is 23.2 Å². The second-order valence-corrected chi connectivity index (χ2v) is 2.71. The van der Waals surface area contributed by atoms with Gasteiger partial charge in [-0.3, -0.25) is 0 Å². The highest BCUT2D eigenvalue weighted by Crippen LogP contribution is 2.22. The number of halogens is 3. The first-order valence-electron chi connectivity index (χ1n) is 4.23. The Kier molecular flexibility index (Phi) is 3.79. The Morgan fingerprint density at radius 3 is 2.69 bits per heavy atom. The van der Waals surface area contributed by atoms with E-state index in [1.165, 1.54) is 18.2 Å². The summed E-state index contributed by atoms with van der Waals surface area (Å²) in [5, 5.41) is 8.23. The molecule has 1 aromatic carbocycles. The Hall–Kier alpha value is -2.14. The van der Waals surface area contributed by atoms with E-state index in [9.17, 15) is 13.2 Å². The maximum Gasteiger partial charge on any atom is 0.573 e. The van der Waals surface area contributed by atoms with Gasteiger partial charge < -0.3 is 4.74 Å². The van der Waals surface area contributed by atoms with E-state index in [2.05, 4.69) is 16.6 Å². The van der Waals surface area contributed by atoms with Crippen LogP contribution in [0.4, 0.5) is 13.2 Å². The monoisotopic (exact) mass is 225 g/mol. The number of nitriles is 1. The highest BCUT2D eigenvalue weighted by atomic mass is 19.4. The molecule has 0 radical (unpaired) electrons. The number of benzene rings is 1. The van der Waals surface area contributed by atoms with Crippen molar-refractivity contribution >= 4 is 0 Å². The molecule has 0 N–H and O–H groups in total. The minimum Gasteiger partial charge on any atom is -0.406 e. The molecule has 5 heteroatoms. The lowest BCUT2D eigenvalue weighted by Crippen LogP contribution is -2.17. The fourth-order valence-corrected chi connectivity index (χ4v) is 0.957. The molecule has 0 aliphatic carbocycles. The van der Waals surface area contributed by atoms with E-state index in [-0.39, 0.29) is 12.2 Å². The molecule has 0 aliphatic rings. The van der Waals surface area contributed by atoms with E-state index in [0.29, 0.717) is 5.56 Å². The number of ether oxygens (including phenoxy) is 1. The summed E-state index contributed by atoms with van der Waals surface area (Å²) in [4.78, 5) is 0. The molecule has 0 atom stereocenters. The lowest BCUT2D eigenvalue weighted by atomic mass is 10.2. The maximum absolute atomic E-state index is 11.9. The van der Waals surface area contributed by atoms with Gasteiger partial charge in [-0.2, -0.15) is 5.26 Å². The normalized spacial score (nSPS) is 9.88. The van der Waals surface area contributed by atoms with Gasteiger partial charge in [-0.15, -0.1) is 13.2 Å². The van der Waals surface area contributed by atoms with Crippen LogP contribution in [0.3, 0.4) is 0 Å². The third-order valence-corrected chi connectivity index (χ3v) is 1.47. The Morgan fingerprint density at radius 1 is 1.31 bits per heavy atom. The molecular formula is C11H6F3NO. The summed E-state index contributed by atoms with van der Waals surface area (Å²) in [6.45, 7) is 0. The second-order valence-electron chi connectivity index (χ2n) is 2.71. The molecule has 82 valence electrons. The molecule has 1 aromatic rings. The van der Waals surface area contributed by atoms with Crippen LogP contribution in [-0.2, 0) is 0 Å². The predicted molar refractivity (Wildman–Crippen MR) is 50.2 cm³/mol. The van der Waals surface area contributed by atoms with Crippen molar-refractivity contribution in [2.24, 2.45) is 0 Å². The molecule has 0 heterocycles. The Balaban J connectivity index is 2.81. The summed E-state index contributed by atoms with van der Waals surface area (Å²) in [5.74, 6) is 4.72. The zero-order valence-corrected chi connectivity index (χ0v) is 8.01. The van der Waals surface area contributed by atoms with Crippen LogP contribution >= 0.6 is 0 Å². The Labute approximate surface area is 90.3 Å². The Morgan fingerprint density at radius 2 is 2.06 bits per heavy atom. The van der Waals surface area contributed by atoms with Crippen LogP contribution in [0.5, 0.6) is 5.75 Å². The fourth-order valence-electron chi connectivity index (χ4n) is 0.957. The standard InChI is InChI=1S/C11H6F3NO/c12-11(13,14)16-10-6-3-5-9(8-10)4-1-2-7-15/h3,5-6,8H,2H2. The van der Waals surface area contributed by atoms with Gasteiger partial charge in [0.15, 0.2) is 0 Å². The molecular weight excluding hydrogens is 219 g/mol. The summed E-state index contributed by atoms with van der Waals surface area (Å²) >= 11 is 0. The van der Waals surface area contributed by atoms with Crippen molar-refractivity contribution in [3.8, 4) is 23.7 Å². The number of nitrogens with zero attached hydrogens (tertiary/aromatic N) is 1. The van der Waals surface area contributed by atoms with Gasteiger partial charge in [0.1, 0.15) is 5.75 Å². The third kappa shape index (κ3) is 4.39. The maximum atomic E-state index is 11.9. The van der Waals surface area contributed by atoms with Gasteiger partial charge in [0.2, 0.25) is 0 Å². The zero-order chi connectivity index (χ0) is 12.0.